The van der Waals surface area contributed by atoms with Crippen molar-refractivity contribution in [1.82, 2.24) is 9.78 Å². The molecule has 2 aliphatic rings. The molecule has 35 heavy (non-hydrogen) atoms. The first-order chi connectivity index (χ1) is 16.4. The Morgan fingerprint density at radius 3 is 2.69 bits per heavy atom. The first kappa shape index (κ1) is 25.0. The van der Waals surface area contributed by atoms with Crippen LogP contribution in [0.15, 0.2) is 18.2 Å². The Balaban J connectivity index is 1.75. The predicted molar refractivity (Wildman–Crippen MR) is 123 cm³/mol. The zero-order valence-electron chi connectivity index (χ0n) is 19.7. The number of nitrogens with zero attached hydrogens (tertiary/aromatic N) is 2. The first-order valence-electron chi connectivity index (χ1n) is 11.7. The van der Waals surface area contributed by atoms with Crippen molar-refractivity contribution in [3.05, 3.63) is 40.7 Å². The third kappa shape index (κ3) is 5.14. The SMILES string of the molecule is CC1(C)CCc2c(C(F)(F)F)nn(-c3ccc(C(N)=O)c(N[C@H]4CCC[C@@H]4OC(=O)CN)c3)c2C1. The number of hydrogen-bond acceptors (Lipinski definition) is 6. The Morgan fingerprint density at radius 2 is 2.03 bits per heavy atom. The van der Waals surface area contributed by atoms with Crippen molar-refractivity contribution in [2.75, 3.05) is 11.9 Å². The monoisotopic (exact) mass is 493 g/mol. The molecule has 0 spiro atoms. The summed E-state index contributed by atoms with van der Waals surface area (Å²) in [5, 5.41) is 7.21. The van der Waals surface area contributed by atoms with E-state index in [0.29, 0.717) is 42.8 Å². The third-order valence-electron chi connectivity index (χ3n) is 6.81. The zero-order chi connectivity index (χ0) is 25.5. The third-order valence-corrected chi connectivity index (χ3v) is 6.81. The van der Waals surface area contributed by atoms with Gasteiger partial charge in [-0.25, -0.2) is 4.68 Å². The van der Waals surface area contributed by atoms with Crippen LogP contribution >= 0.6 is 0 Å². The van der Waals surface area contributed by atoms with E-state index in [1.807, 2.05) is 13.8 Å². The van der Waals surface area contributed by atoms with Gasteiger partial charge in [0.2, 0.25) is 0 Å². The van der Waals surface area contributed by atoms with Crippen molar-refractivity contribution < 1.29 is 27.5 Å². The molecule has 4 rings (SSSR count). The molecule has 1 fully saturated rings. The smallest absolute Gasteiger partial charge is 0.435 e. The molecule has 11 heteroatoms. The summed E-state index contributed by atoms with van der Waals surface area (Å²) in [5.74, 6) is -1.22. The summed E-state index contributed by atoms with van der Waals surface area (Å²) in [6, 6.07) is 4.30. The highest BCUT2D eigenvalue weighted by molar-refractivity contribution is 5.99. The van der Waals surface area contributed by atoms with Crippen LogP contribution in [-0.4, -0.2) is 40.3 Å². The summed E-state index contributed by atoms with van der Waals surface area (Å²) in [4.78, 5) is 23.8. The number of aromatic nitrogens is 2. The number of carbonyl (C=O) groups is 2. The number of halogens is 3. The molecule has 8 nitrogen and oxygen atoms in total. The number of primary amides is 1. The molecule has 190 valence electrons. The van der Waals surface area contributed by atoms with Crippen molar-refractivity contribution >= 4 is 17.6 Å². The minimum Gasteiger partial charge on any atom is -0.459 e. The molecule has 0 unspecified atom stereocenters. The van der Waals surface area contributed by atoms with Crippen LogP contribution in [0, 0.1) is 5.41 Å². The number of hydrogen-bond donors (Lipinski definition) is 3. The molecule has 2 atom stereocenters. The van der Waals surface area contributed by atoms with E-state index in [1.54, 1.807) is 12.1 Å². The normalized spacial score (nSPS) is 21.4. The Labute approximate surface area is 201 Å². The maximum Gasteiger partial charge on any atom is 0.435 e. The number of nitrogens with one attached hydrogen (secondary N) is 1. The lowest BCUT2D eigenvalue weighted by Crippen LogP contribution is -2.35. The van der Waals surface area contributed by atoms with Crippen LogP contribution in [0.3, 0.4) is 0 Å². The summed E-state index contributed by atoms with van der Waals surface area (Å²) in [7, 11) is 0. The number of alkyl halides is 3. The average Bonchev–Trinajstić information content (AvgIpc) is 3.36. The van der Waals surface area contributed by atoms with Gasteiger partial charge in [0, 0.05) is 16.9 Å². The number of rotatable bonds is 6. The average molecular weight is 494 g/mol. The second-order valence-corrected chi connectivity index (χ2v) is 10.0. The lowest BCUT2D eigenvalue weighted by molar-refractivity contribution is -0.147. The molecule has 1 aromatic heterocycles. The lowest BCUT2D eigenvalue weighted by Gasteiger charge is -2.30. The highest BCUT2D eigenvalue weighted by atomic mass is 19.4. The standard InChI is InChI=1S/C24H30F3N5O3/c1-23(2)9-8-15-18(11-23)32(31-21(15)24(25,26)27)13-6-7-14(22(29)34)17(10-13)30-16-4-3-5-19(16)35-20(33)12-28/h6-7,10,16,19,30H,3-5,8-9,11-12,28H2,1-2H3,(H2,29,34)/t16-,19-/m0/s1. The molecule has 0 saturated heterocycles. The van der Waals surface area contributed by atoms with Gasteiger partial charge in [0.1, 0.15) is 6.10 Å². The van der Waals surface area contributed by atoms with Crippen molar-refractivity contribution in [2.24, 2.45) is 16.9 Å². The maximum absolute atomic E-state index is 13.8. The fourth-order valence-corrected chi connectivity index (χ4v) is 5.02. The number of fused-ring (bicyclic) bond motifs is 1. The minimum absolute atomic E-state index is 0.175. The number of carbonyl (C=O) groups excluding carboxylic acids is 2. The minimum atomic E-state index is -4.57. The fourth-order valence-electron chi connectivity index (χ4n) is 5.02. The van der Waals surface area contributed by atoms with Gasteiger partial charge in [0.15, 0.2) is 5.69 Å². The van der Waals surface area contributed by atoms with E-state index in [0.717, 1.165) is 6.42 Å². The highest BCUT2D eigenvalue weighted by Crippen LogP contribution is 2.42. The topological polar surface area (TPSA) is 125 Å². The van der Waals surface area contributed by atoms with E-state index >= 15 is 0 Å². The van der Waals surface area contributed by atoms with Crippen LogP contribution in [0.2, 0.25) is 0 Å². The first-order valence-corrected chi connectivity index (χ1v) is 11.7. The molecule has 1 amide bonds. The van der Waals surface area contributed by atoms with Gasteiger partial charge in [0.05, 0.1) is 23.8 Å². The molecule has 1 heterocycles. The Hall–Kier alpha value is -3.08. The summed E-state index contributed by atoms with van der Waals surface area (Å²) in [5.41, 5.74) is 11.5. The van der Waals surface area contributed by atoms with Crippen molar-refractivity contribution in [3.8, 4) is 5.69 Å². The van der Waals surface area contributed by atoms with Gasteiger partial charge in [-0.3, -0.25) is 9.59 Å². The van der Waals surface area contributed by atoms with Gasteiger partial charge in [-0.1, -0.05) is 13.8 Å². The molecular weight excluding hydrogens is 463 g/mol. The van der Waals surface area contributed by atoms with Crippen molar-refractivity contribution in [1.29, 1.82) is 0 Å². The van der Waals surface area contributed by atoms with Gasteiger partial charge >= 0.3 is 12.1 Å². The highest BCUT2D eigenvalue weighted by Gasteiger charge is 2.42. The van der Waals surface area contributed by atoms with Crippen LogP contribution in [-0.2, 0) is 28.5 Å². The van der Waals surface area contributed by atoms with Crippen LogP contribution in [0.4, 0.5) is 18.9 Å². The van der Waals surface area contributed by atoms with Gasteiger partial charge < -0.3 is 21.5 Å². The number of amides is 1. The van der Waals surface area contributed by atoms with Gasteiger partial charge in [-0.05, 0) is 62.1 Å². The molecule has 2 aromatic rings. The zero-order valence-corrected chi connectivity index (χ0v) is 19.7. The van der Waals surface area contributed by atoms with Crippen LogP contribution < -0.4 is 16.8 Å². The molecule has 0 radical (unpaired) electrons. The van der Waals surface area contributed by atoms with Gasteiger partial charge in [0.25, 0.3) is 5.91 Å². The van der Waals surface area contributed by atoms with E-state index in [1.165, 1.54) is 10.7 Å². The Kier molecular flexibility index (Phi) is 6.56. The number of esters is 1. The largest absolute Gasteiger partial charge is 0.459 e. The maximum atomic E-state index is 13.8. The number of nitrogens with two attached hydrogens (primary N) is 2. The molecule has 5 N–H and O–H groups in total. The predicted octanol–water partition coefficient (Wildman–Crippen LogP) is 3.34. The number of ether oxygens (including phenoxy) is 1. The second kappa shape index (κ2) is 9.18. The van der Waals surface area contributed by atoms with E-state index in [-0.39, 0.29) is 35.5 Å². The van der Waals surface area contributed by atoms with E-state index in [2.05, 4.69) is 10.4 Å². The summed E-state index contributed by atoms with van der Waals surface area (Å²) >= 11 is 0. The quantitative estimate of drug-likeness (QED) is 0.530. The van der Waals surface area contributed by atoms with Crippen LogP contribution in [0.25, 0.3) is 5.69 Å². The molecule has 0 bridgehead atoms. The second-order valence-electron chi connectivity index (χ2n) is 10.0. The molecule has 2 aliphatic carbocycles. The Bertz CT molecular complexity index is 1140. The van der Waals surface area contributed by atoms with Crippen molar-refractivity contribution in [3.63, 3.8) is 0 Å². The fraction of sp³-hybridized carbons (Fsp3) is 0.542. The van der Waals surface area contributed by atoms with Crippen LogP contribution in [0.1, 0.15) is 66.8 Å². The summed E-state index contributed by atoms with van der Waals surface area (Å²) in [6.45, 7) is 3.80. The van der Waals surface area contributed by atoms with E-state index in [9.17, 15) is 22.8 Å². The molecule has 0 aliphatic heterocycles. The summed E-state index contributed by atoms with van der Waals surface area (Å²) in [6.07, 6.45) is -1.56. The van der Waals surface area contributed by atoms with Crippen LogP contribution in [0.5, 0.6) is 0 Å². The molecular formula is C24H30F3N5O3. The lowest BCUT2D eigenvalue weighted by atomic mass is 9.76. The van der Waals surface area contributed by atoms with Gasteiger partial charge in [-0.2, -0.15) is 18.3 Å². The Morgan fingerprint density at radius 1 is 1.29 bits per heavy atom. The molecule has 1 saturated carbocycles. The summed E-state index contributed by atoms with van der Waals surface area (Å²) < 4.78 is 48.1. The van der Waals surface area contributed by atoms with Crippen molar-refractivity contribution in [2.45, 2.75) is 70.7 Å². The molecule has 1 aromatic carbocycles. The van der Waals surface area contributed by atoms with E-state index in [4.69, 9.17) is 16.2 Å². The number of anilines is 1. The van der Waals surface area contributed by atoms with Gasteiger partial charge in [-0.15, -0.1) is 0 Å². The number of benzene rings is 1. The van der Waals surface area contributed by atoms with E-state index < -0.39 is 29.9 Å².